The van der Waals surface area contributed by atoms with Crippen LogP contribution in [0.15, 0.2) is 41.4 Å². The molecule has 1 amide bonds. The average Bonchev–Trinajstić information content (AvgIpc) is 2.93. The Kier molecular flexibility index (Phi) is 4.37. The van der Waals surface area contributed by atoms with Crippen LogP contribution in [0, 0.1) is 17.0 Å². The number of hydrogen-bond acceptors (Lipinski definition) is 5. The van der Waals surface area contributed by atoms with Crippen molar-refractivity contribution in [2.45, 2.75) is 6.92 Å². The summed E-state index contributed by atoms with van der Waals surface area (Å²) in [7, 11) is 3.42. The molecule has 0 unspecified atom stereocenters. The van der Waals surface area contributed by atoms with Crippen molar-refractivity contribution in [2.75, 3.05) is 7.11 Å². The fraction of sp³-hybridized carbons (Fsp3) is 0.176. The van der Waals surface area contributed by atoms with Crippen molar-refractivity contribution in [2.24, 2.45) is 12.0 Å². The van der Waals surface area contributed by atoms with Gasteiger partial charge in [-0.25, -0.2) is 0 Å². The lowest BCUT2D eigenvalue weighted by molar-refractivity contribution is -0.384. The number of thiazole rings is 1. The highest BCUT2D eigenvalue weighted by atomic mass is 32.1. The van der Waals surface area contributed by atoms with Crippen LogP contribution in [-0.4, -0.2) is 22.5 Å². The van der Waals surface area contributed by atoms with Crippen LogP contribution in [-0.2, 0) is 7.05 Å². The molecule has 8 heteroatoms. The fourth-order valence-corrected chi connectivity index (χ4v) is 3.60. The van der Waals surface area contributed by atoms with Crippen molar-refractivity contribution in [1.82, 2.24) is 4.57 Å². The third-order valence-corrected chi connectivity index (χ3v) is 5.12. The first-order chi connectivity index (χ1) is 11.9. The zero-order chi connectivity index (χ0) is 18.1. The maximum absolute atomic E-state index is 12.4. The number of nitrogens with zero attached hydrogens (tertiary/aromatic N) is 3. The number of nitro groups is 1. The van der Waals surface area contributed by atoms with E-state index in [1.807, 2.05) is 30.7 Å². The molecule has 0 N–H and O–H groups in total. The second kappa shape index (κ2) is 6.48. The van der Waals surface area contributed by atoms with Gasteiger partial charge in [-0.15, -0.1) is 0 Å². The molecule has 0 fully saturated rings. The number of hydrogen-bond donors (Lipinski definition) is 0. The largest absolute Gasteiger partial charge is 0.495 e. The van der Waals surface area contributed by atoms with E-state index in [4.69, 9.17) is 4.74 Å². The van der Waals surface area contributed by atoms with Gasteiger partial charge < -0.3 is 9.30 Å². The summed E-state index contributed by atoms with van der Waals surface area (Å²) >= 11 is 1.40. The van der Waals surface area contributed by atoms with Crippen molar-refractivity contribution in [1.29, 1.82) is 0 Å². The summed E-state index contributed by atoms with van der Waals surface area (Å²) in [4.78, 5) is 27.3. The second-order valence-corrected chi connectivity index (χ2v) is 6.40. The van der Waals surface area contributed by atoms with Gasteiger partial charge >= 0.3 is 0 Å². The van der Waals surface area contributed by atoms with E-state index in [1.54, 1.807) is 7.11 Å². The van der Waals surface area contributed by atoms with E-state index in [0.29, 0.717) is 16.1 Å². The van der Waals surface area contributed by atoms with E-state index in [1.165, 1.54) is 35.6 Å². The summed E-state index contributed by atoms with van der Waals surface area (Å²) in [6.45, 7) is 1.99. The van der Waals surface area contributed by atoms with Crippen LogP contribution in [0.25, 0.3) is 10.2 Å². The van der Waals surface area contributed by atoms with Crippen molar-refractivity contribution >= 4 is 33.1 Å². The van der Waals surface area contributed by atoms with Crippen LogP contribution in [0.2, 0.25) is 0 Å². The Morgan fingerprint density at radius 2 is 1.92 bits per heavy atom. The summed E-state index contributed by atoms with van der Waals surface area (Å²) < 4.78 is 8.21. The highest BCUT2D eigenvalue weighted by molar-refractivity contribution is 7.16. The Labute approximate surface area is 147 Å². The van der Waals surface area contributed by atoms with E-state index in [0.717, 1.165) is 15.8 Å². The molecule has 3 rings (SSSR count). The molecule has 0 bridgehead atoms. The zero-order valence-electron chi connectivity index (χ0n) is 13.8. The lowest BCUT2D eigenvalue weighted by Gasteiger charge is -2.05. The van der Waals surface area contributed by atoms with Crippen molar-refractivity contribution in [3.8, 4) is 5.75 Å². The number of carbonyl (C=O) groups excluding carboxylic acids is 1. The monoisotopic (exact) mass is 357 g/mol. The molecule has 3 aromatic rings. The minimum atomic E-state index is -0.507. The highest BCUT2D eigenvalue weighted by Crippen LogP contribution is 2.29. The summed E-state index contributed by atoms with van der Waals surface area (Å²) in [5.74, 6) is 0.261. The molecular formula is C17H15N3O4S. The van der Waals surface area contributed by atoms with Gasteiger partial charge in [0.05, 0.1) is 16.7 Å². The van der Waals surface area contributed by atoms with Crippen LogP contribution in [0.1, 0.15) is 15.9 Å². The molecule has 0 saturated carbocycles. The Balaban J connectivity index is 2.09. The summed E-state index contributed by atoms with van der Waals surface area (Å²) in [6, 6.07) is 9.24. The van der Waals surface area contributed by atoms with E-state index in [-0.39, 0.29) is 5.69 Å². The number of amides is 1. The molecule has 128 valence electrons. The molecule has 0 atom stereocenters. The molecule has 0 aliphatic carbocycles. The molecule has 25 heavy (non-hydrogen) atoms. The summed E-state index contributed by atoms with van der Waals surface area (Å²) in [5, 5.41) is 10.7. The standard InChI is InChI=1S/C17H15N3O4S/c1-10-4-9-13(24-3)14-15(10)25-17(19(14)2)18-16(21)11-5-7-12(8-6-11)20(22)23/h4-9H,1-3H3. The van der Waals surface area contributed by atoms with Gasteiger partial charge in [0, 0.05) is 24.7 Å². The quantitative estimate of drug-likeness (QED) is 0.532. The lowest BCUT2D eigenvalue weighted by Crippen LogP contribution is -2.13. The van der Waals surface area contributed by atoms with Gasteiger partial charge in [-0.1, -0.05) is 17.4 Å². The maximum Gasteiger partial charge on any atom is 0.279 e. The zero-order valence-corrected chi connectivity index (χ0v) is 14.7. The van der Waals surface area contributed by atoms with E-state index >= 15 is 0 Å². The third kappa shape index (κ3) is 3.03. The fourth-order valence-electron chi connectivity index (χ4n) is 2.50. The number of non-ortho nitro benzene ring substituents is 1. The van der Waals surface area contributed by atoms with Crippen LogP contribution in [0.4, 0.5) is 5.69 Å². The predicted octanol–water partition coefficient (Wildman–Crippen LogP) is 3.21. The number of fused-ring (bicyclic) bond motifs is 1. The topological polar surface area (TPSA) is 86.7 Å². The Morgan fingerprint density at radius 3 is 2.52 bits per heavy atom. The number of rotatable bonds is 3. The molecule has 1 aromatic heterocycles. The highest BCUT2D eigenvalue weighted by Gasteiger charge is 2.13. The third-order valence-electron chi connectivity index (χ3n) is 3.85. The molecule has 0 spiro atoms. The molecule has 0 aliphatic heterocycles. The first kappa shape index (κ1) is 16.8. The second-order valence-electron chi connectivity index (χ2n) is 5.43. The van der Waals surface area contributed by atoms with Crippen molar-refractivity contribution < 1.29 is 14.5 Å². The predicted molar refractivity (Wildman–Crippen MR) is 95.1 cm³/mol. The minimum Gasteiger partial charge on any atom is -0.495 e. The first-order valence-corrected chi connectivity index (χ1v) is 8.20. The average molecular weight is 357 g/mol. The smallest absolute Gasteiger partial charge is 0.279 e. The van der Waals surface area contributed by atoms with Crippen molar-refractivity contribution in [3.05, 3.63) is 62.4 Å². The number of ether oxygens (including phenoxy) is 1. The number of aryl methyl sites for hydroxylation is 2. The van der Waals surface area contributed by atoms with E-state index < -0.39 is 10.8 Å². The van der Waals surface area contributed by atoms with Gasteiger partial charge in [-0.05, 0) is 30.7 Å². The van der Waals surface area contributed by atoms with Crippen LogP contribution < -0.4 is 9.54 Å². The maximum atomic E-state index is 12.4. The van der Waals surface area contributed by atoms with Gasteiger partial charge in [0.15, 0.2) is 4.80 Å². The Hall–Kier alpha value is -3.00. The van der Waals surface area contributed by atoms with Gasteiger partial charge in [-0.3, -0.25) is 14.9 Å². The van der Waals surface area contributed by atoms with Gasteiger partial charge in [0.1, 0.15) is 11.3 Å². The van der Waals surface area contributed by atoms with E-state index in [2.05, 4.69) is 4.99 Å². The molecule has 1 heterocycles. The number of carbonyl (C=O) groups is 1. The van der Waals surface area contributed by atoms with Gasteiger partial charge in [0.25, 0.3) is 11.6 Å². The molecule has 2 aromatic carbocycles. The molecule has 0 radical (unpaired) electrons. The molecule has 0 aliphatic rings. The SMILES string of the molecule is COc1ccc(C)c2sc(=NC(=O)c3ccc([N+](=O)[O-])cc3)n(C)c12. The normalized spacial score (nSPS) is 11.7. The van der Waals surface area contributed by atoms with Gasteiger partial charge in [0.2, 0.25) is 0 Å². The van der Waals surface area contributed by atoms with Crippen LogP contribution >= 0.6 is 11.3 Å². The minimum absolute atomic E-state index is 0.0654. The molecule has 7 nitrogen and oxygen atoms in total. The van der Waals surface area contributed by atoms with Gasteiger partial charge in [-0.2, -0.15) is 4.99 Å². The van der Waals surface area contributed by atoms with E-state index in [9.17, 15) is 14.9 Å². The first-order valence-electron chi connectivity index (χ1n) is 7.39. The number of aromatic nitrogens is 1. The number of nitro benzene ring substituents is 1. The van der Waals surface area contributed by atoms with Crippen LogP contribution in [0.5, 0.6) is 5.75 Å². The van der Waals surface area contributed by atoms with Crippen molar-refractivity contribution in [3.63, 3.8) is 0 Å². The number of benzene rings is 2. The summed E-state index contributed by atoms with van der Waals surface area (Å²) in [6.07, 6.45) is 0. The Morgan fingerprint density at radius 1 is 1.24 bits per heavy atom. The molecule has 0 saturated heterocycles. The van der Waals surface area contributed by atoms with Crippen LogP contribution in [0.3, 0.4) is 0 Å². The number of methoxy groups -OCH3 is 1. The summed E-state index contributed by atoms with van der Waals surface area (Å²) in [5.41, 5.74) is 2.18. The molecular weight excluding hydrogens is 342 g/mol. The lowest BCUT2D eigenvalue weighted by atomic mass is 10.2. The Bertz CT molecular complexity index is 1050.